The quantitative estimate of drug-likeness (QED) is 0.658. The highest BCUT2D eigenvalue weighted by Gasteiger charge is 2.27. The molecule has 0 fully saturated rings. The molecule has 2 aromatic rings. The van der Waals surface area contributed by atoms with E-state index in [2.05, 4.69) is 4.99 Å². The first-order valence-corrected chi connectivity index (χ1v) is 7.73. The summed E-state index contributed by atoms with van der Waals surface area (Å²) in [5.74, 6) is -0.545. The van der Waals surface area contributed by atoms with Crippen molar-refractivity contribution in [2.45, 2.75) is 13.0 Å². The zero-order valence-electron chi connectivity index (χ0n) is 13.1. The average Bonchev–Trinajstić information content (AvgIpc) is 2.65. The van der Waals surface area contributed by atoms with Gasteiger partial charge in [-0.15, -0.1) is 0 Å². The maximum Gasteiger partial charge on any atom is 0.258 e. The van der Waals surface area contributed by atoms with Crippen LogP contribution >= 0.6 is 11.6 Å². The van der Waals surface area contributed by atoms with Crippen molar-refractivity contribution in [1.82, 2.24) is 5.06 Å². The molecule has 3 rings (SSSR count). The summed E-state index contributed by atoms with van der Waals surface area (Å²) in [6.45, 7) is 1.53. The van der Waals surface area contributed by atoms with E-state index < -0.39 is 16.8 Å². The number of hydroxylamine groups is 2. The summed E-state index contributed by atoms with van der Waals surface area (Å²) >= 11 is 6.06. The van der Waals surface area contributed by atoms with Gasteiger partial charge in [-0.05, 0) is 37.3 Å². The molecule has 6 nitrogen and oxygen atoms in total. The molecule has 0 saturated heterocycles. The molecule has 0 spiro atoms. The standard InChI is InChI=1S/C17H13ClFN3O3/c1-10-16(9-21(23)24)20-15-7-6-11(18)8-13(15)17(22(10)25)12-4-2-3-5-14(12)19/h2-10,25H,1H3/b16-9+. The van der Waals surface area contributed by atoms with Crippen LogP contribution in [0.2, 0.25) is 5.02 Å². The van der Waals surface area contributed by atoms with E-state index in [4.69, 9.17) is 11.6 Å². The Morgan fingerprint density at radius 3 is 2.76 bits per heavy atom. The predicted octanol–water partition coefficient (Wildman–Crippen LogP) is 2.47. The topological polar surface area (TPSA) is 79.0 Å². The zero-order valence-corrected chi connectivity index (χ0v) is 13.8. The molecule has 1 unspecified atom stereocenters. The third-order valence-electron chi connectivity index (χ3n) is 3.85. The lowest BCUT2D eigenvalue weighted by Gasteiger charge is -2.25. The van der Waals surface area contributed by atoms with Crippen molar-refractivity contribution in [3.63, 3.8) is 0 Å². The number of nitrogens with zero attached hydrogens (tertiary/aromatic N) is 3. The third kappa shape index (κ3) is 3.24. The Hall–Kier alpha value is -2.77. The Labute approximate surface area is 146 Å². The van der Waals surface area contributed by atoms with Gasteiger partial charge in [0.2, 0.25) is 0 Å². The van der Waals surface area contributed by atoms with Crippen molar-refractivity contribution in [3.8, 4) is 0 Å². The Morgan fingerprint density at radius 2 is 2.08 bits per heavy atom. The van der Waals surface area contributed by atoms with Crippen molar-refractivity contribution in [2.24, 2.45) is 4.99 Å². The lowest BCUT2D eigenvalue weighted by Crippen LogP contribution is -2.35. The van der Waals surface area contributed by atoms with Crippen LogP contribution in [0.4, 0.5) is 4.39 Å². The van der Waals surface area contributed by atoms with E-state index in [1.165, 1.54) is 31.2 Å². The van der Waals surface area contributed by atoms with E-state index in [1.807, 2.05) is 0 Å². The van der Waals surface area contributed by atoms with Gasteiger partial charge in [0.15, 0.2) is 0 Å². The second-order valence-corrected chi connectivity index (χ2v) is 5.90. The molecule has 0 saturated carbocycles. The Morgan fingerprint density at radius 1 is 1.36 bits per heavy atom. The first-order chi connectivity index (χ1) is 11.9. The fourth-order valence-corrected chi connectivity index (χ4v) is 2.81. The van der Waals surface area contributed by atoms with E-state index in [1.54, 1.807) is 18.2 Å². The van der Waals surface area contributed by atoms with Crippen LogP contribution in [0.5, 0.6) is 0 Å². The van der Waals surface area contributed by atoms with Crippen LogP contribution in [-0.4, -0.2) is 21.2 Å². The molecular formula is C17H13ClFN3O3. The number of fused-ring (bicyclic) bond motifs is 1. The summed E-state index contributed by atoms with van der Waals surface area (Å²) < 4.78 is 14.4. The highest BCUT2D eigenvalue weighted by Crippen LogP contribution is 2.24. The summed E-state index contributed by atoms with van der Waals surface area (Å²) in [5.41, 5.74) is 0.305. The molecule has 25 heavy (non-hydrogen) atoms. The van der Waals surface area contributed by atoms with Gasteiger partial charge in [-0.25, -0.2) is 14.4 Å². The largest absolute Gasteiger partial charge is 0.288 e. The minimum Gasteiger partial charge on any atom is -0.288 e. The summed E-state index contributed by atoms with van der Waals surface area (Å²) in [7, 11) is 0. The SMILES string of the molecule is CC1/C(=C\[N+](=O)[O-])N=c2ccc(Cl)cc2=C(c2ccccc2F)N1O. The Kier molecular flexibility index (Phi) is 4.52. The van der Waals surface area contributed by atoms with Gasteiger partial charge < -0.3 is 0 Å². The molecule has 0 aromatic heterocycles. The highest BCUT2D eigenvalue weighted by atomic mass is 35.5. The van der Waals surface area contributed by atoms with Crippen molar-refractivity contribution < 1.29 is 14.5 Å². The number of benzene rings is 2. The van der Waals surface area contributed by atoms with Crippen LogP contribution in [0, 0.1) is 15.9 Å². The molecule has 1 heterocycles. The smallest absolute Gasteiger partial charge is 0.258 e. The normalized spacial score (nSPS) is 18.6. The van der Waals surface area contributed by atoms with Gasteiger partial charge in [0.05, 0.1) is 16.0 Å². The first-order valence-electron chi connectivity index (χ1n) is 7.35. The van der Waals surface area contributed by atoms with E-state index in [-0.39, 0.29) is 17.0 Å². The minimum atomic E-state index is -0.869. The summed E-state index contributed by atoms with van der Waals surface area (Å²) in [6, 6.07) is 9.74. The van der Waals surface area contributed by atoms with Gasteiger partial charge in [-0.1, -0.05) is 23.7 Å². The molecule has 1 atom stereocenters. The van der Waals surface area contributed by atoms with Crippen LogP contribution in [0.1, 0.15) is 12.5 Å². The number of rotatable bonds is 2. The van der Waals surface area contributed by atoms with Crippen molar-refractivity contribution in [2.75, 3.05) is 0 Å². The van der Waals surface area contributed by atoms with Gasteiger partial charge in [0.1, 0.15) is 17.6 Å². The zero-order chi connectivity index (χ0) is 18.1. The molecule has 1 N–H and O–H groups in total. The molecule has 0 aliphatic carbocycles. The molecule has 2 aromatic carbocycles. The maximum atomic E-state index is 14.4. The van der Waals surface area contributed by atoms with Crippen molar-refractivity contribution in [1.29, 1.82) is 0 Å². The fraction of sp³-hybridized carbons (Fsp3) is 0.118. The maximum absolute atomic E-state index is 14.4. The second kappa shape index (κ2) is 6.62. The molecule has 8 heteroatoms. The van der Waals surface area contributed by atoms with Crippen LogP contribution < -0.4 is 10.6 Å². The molecule has 0 radical (unpaired) electrons. The molecule has 0 bridgehead atoms. The number of hydrogen-bond acceptors (Lipinski definition) is 5. The Balaban J connectivity index is 2.45. The van der Waals surface area contributed by atoms with E-state index in [0.29, 0.717) is 15.6 Å². The number of nitro groups is 1. The van der Waals surface area contributed by atoms with Crippen molar-refractivity contribution in [3.05, 3.63) is 91.5 Å². The van der Waals surface area contributed by atoms with Crippen LogP contribution in [-0.2, 0) is 0 Å². The van der Waals surface area contributed by atoms with Gasteiger partial charge >= 0.3 is 0 Å². The minimum absolute atomic E-state index is 0.0300. The van der Waals surface area contributed by atoms with Gasteiger partial charge in [-0.3, -0.25) is 15.3 Å². The average molecular weight is 362 g/mol. The second-order valence-electron chi connectivity index (χ2n) is 5.46. The third-order valence-corrected chi connectivity index (χ3v) is 4.09. The summed E-state index contributed by atoms with van der Waals surface area (Å²) in [5, 5.41) is 23.4. The first kappa shape index (κ1) is 17.1. The predicted molar refractivity (Wildman–Crippen MR) is 89.3 cm³/mol. The number of hydrogen-bond donors (Lipinski definition) is 1. The van der Waals surface area contributed by atoms with E-state index in [9.17, 15) is 19.7 Å². The van der Waals surface area contributed by atoms with E-state index >= 15 is 0 Å². The van der Waals surface area contributed by atoms with Crippen molar-refractivity contribution >= 4 is 17.3 Å². The summed E-state index contributed by atoms with van der Waals surface area (Å²) in [4.78, 5) is 14.5. The molecular weight excluding hydrogens is 349 g/mol. The Bertz CT molecular complexity index is 1010. The van der Waals surface area contributed by atoms with Crippen LogP contribution in [0.3, 0.4) is 0 Å². The molecule has 1 aliphatic heterocycles. The van der Waals surface area contributed by atoms with Gasteiger partial charge in [0, 0.05) is 15.8 Å². The lowest BCUT2D eigenvalue weighted by molar-refractivity contribution is -0.404. The summed E-state index contributed by atoms with van der Waals surface area (Å²) in [6.07, 6.45) is 0.719. The molecule has 0 amide bonds. The van der Waals surface area contributed by atoms with E-state index in [0.717, 1.165) is 11.3 Å². The monoisotopic (exact) mass is 361 g/mol. The lowest BCUT2D eigenvalue weighted by atomic mass is 10.1. The van der Waals surface area contributed by atoms with Gasteiger partial charge in [-0.2, -0.15) is 0 Å². The highest BCUT2D eigenvalue weighted by molar-refractivity contribution is 6.30. The molecule has 1 aliphatic rings. The molecule has 128 valence electrons. The van der Waals surface area contributed by atoms with Crippen LogP contribution in [0.15, 0.2) is 59.4 Å². The van der Waals surface area contributed by atoms with Gasteiger partial charge in [0.25, 0.3) is 6.20 Å². The number of halogens is 2. The fourth-order valence-electron chi connectivity index (χ4n) is 2.64. The van der Waals surface area contributed by atoms with Crippen LogP contribution in [0.25, 0.3) is 5.70 Å².